The molecule has 0 heterocycles. The van der Waals surface area contributed by atoms with Gasteiger partial charge in [-0.25, -0.2) is 0 Å². The summed E-state index contributed by atoms with van der Waals surface area (Å²) in [6, 6.07) is 5.46. The molecule has 1 fully saturated rings. The molecule has 2 atom stereocenters. The van der Waals surface area contributed by atoms with Crippen LogP contribution in [0.25, 0.3) is 0 Å². The molecule has 3 nitrogen and oxygen atoms in total. The second-order valence-corrected chi connectivity index (χ2v) is 5.74. The lowest BCUT2D eigenvalue weighted by molar-refractivity contribution is -0.122. The standard InChI is InChI=1S/C14H18Cl2N2O/c15-9-3-4-10(13(16)7-9)11-8-12(11)14(19)18-6-2-1-5-17/h3-4,7,11-12H,1-2,5-6,8,17H2,(H,18,19). The molecule has 1 aromatic rings. The van der Waals surface area contributed by atoms with Crippen LogP contribution in [0.2, 0.25) is 10.0 Å². The maximum atomic E-state index is 11.9. The van der Waals surface area contributed by atoms with Gasteiger partial charge in [0.25, 0.3) is 0 Å². The lowest BCUT2D eigenvalue weighted by atomic mass is 10.1. The first-order valence-electron chi connectivity index (χ1n) is 6.56. The van der Waals surface area contributed by atoms with Crippen LogP contribution >= 0.6 is 23.2 Å². The fourth-order valence-electron chi connectivity index (χ4n) is 2.24. The molecule has 1 aliphatic rings. The van der Waals surface area contributed by atoms with Crippen LogP contribution in [0.5, 0.6) is 0 Å². The maximum Gasteiger partial charge on any atom is 0.223 e. The summed E-state index contributed by atoms with van der Waals surface area (Å²) >= 11 is 12.0. The van der Waals surface area contributed by atoms with Gasteiger partial charge in [-0.2, -0.15) is 0 Å². The number of unbranched alkanes of at least 4 members (excludes halogenated alkanes) is 1. The van der Waals surface area contributed by atoms with Crippen molar-refractivity contribution in [3.05, 3.63) is 33.8 Å². The fourth-order valence-corrected chi connectivity index (χ4v) is 2.79. The van der Waals surface area contributed by atoms with Crippen LogP contribution < -0.4 is 11.1 Å². The SMILES string of the molecule is NCCCCNC(=O)C1CC1c1ccc(Cl)cc1Cl. The monoisotopic (exact) mass is 300 g/mol. The Morgan fingerprint density at radius 2 is 2.16 bits per heavy atom. The van der Waals surface area contributed by atoms with Crippen molar-refractivity contribution in [3.63, 3.8) is 0 Å². The van der Waals surface area contributed by atoms with Gasteiger partial charge in [-0.05, 0) is 49.4 Å². The number of benzene rings is 1. The maximum absolute atomic E-state index is 11.9. The lowest BCUT2D eigenvalue weighted by Crippen LogP contribution is -2.26. The molecule has 1 aromatic carbocycles. The Labute approximate surface area is 123 Å². The van der Waals surface area contributed by atoms with E-state index in [1.54, 1.807) is 6.07 Å². The van der Waals surface area contributed by atoms with E-state index in [4.69, 9.17) is 28.9 Å². The number of hydrogen-bond donors (Lipinski definition) is 2. The summed E-state index contributed by atoms with van der Waals surface area (Å²) < 4.78 is 0. The number of carbonyl (C=O) groups is 1. The number of nitrogens with two attached hydrogens (primary N) is 1. The van der Waals surface area contributed by atoms with Gasteiger partial charge in [0.1, 0.15) is 0 Å². The molecule has 19 heavy (non-hydrogen) atoms. The van der Waals surface area contributed by atoms with E-state index in [2.05, 4.69) is 5.32 Å². The van der Waals surface area contributed by atoms with Crippen molar-refractivity contribution >= 4 is 29.1 Å². The van der Waals surface area contributed by atoms with E-state index in [9.17, 15) is 4.79 Å². The molecule has 1 saturated carbocycles. The van der Waals surface area contributed by atoms with Crippen molar-refractivity contribution in [1.82, 2.24) is 5.32 Å². The Balaban J connectivity index is 1.84. The fraction of sp³-hybridized carbons (Fsp3) is 0.500. The van der Waals surface area contributed by atoms with Gasteiger partial charge in [-0.3, -0.25) is 4.79 Å². The highest BCUT2D eigenvalue weighted by Crippen LogP contribution is 2.49. The molecule has 0 radical (unpaired) electrons. The zero-order valence-corrected chi connectivity index (χ0v) is 12.2. The molecule has 0 saturated heterocycles. The Morgan fingerprint density at radius 1 is 1.37 bits per heavy atom. The molecule has 1 amide bonds. The van der Waals surface area contributed by atoms with Crippen LogP contribution in [0.4, 0.5) is 0 Å². The van der Waals surface area contributed by atoms with Crippen molar-refractivity contribution in [3.8, 4) is 0 Å². The van der Waals surface area contributed by atoms with Crippen molar-refractivity contribution in [2.45, 2.75) is 25.2 Å². The third kappa shape index (κ3) is 3.85. The minimum atomic E-state index is 0.0524. The van der Waals surface area contributed by atoms with E-state index < -0.39 is 0 Å². The molecule has 1 aliphatic carbocycles. The smallest absolute Gasteiger partial charge is 0.223 e. The second kappa shape index (κ2) is 6.60. The van der Waals surface area contributed by atoms with Crippen molar-refractivity contribution in [2.75, 3.05) is 13.1 Å². The van der Waals surface area contributed by atoms with Gasteiger partial charge in [-0.15, -0.1) is 0 Å². The van der Waals surface area contributed by atoms with E-state index >= 15 is 0 Å². The molecule has 104 valence electrons. The van der Waals surface area contributed by atoms with E-state index in [1.807, 2.05) is 12.1 Å². The summed E-state index contributed by atoms with van der Waals surface area (Å²) in [4.78, 5) is 11.9. The first kappa shape index (κ1) is 14.6. The van der Waals surface area contributed by atoms with Crippen LogP contribution in [0.15, 0.2) is 18.2 Å². The van der Waals surface area contributed by atoms with Crippen LogP contribution in [-0.2, 0) is 4.79 Å². The average molecular weight is 301 g/mol. The first-order chi connectivity index (χ1) is 9.13. The van der Waals surface area contributed by atoms with Crippen LogP contribution in [0.1, 0.15) is 30.7 Å². The van der Waals surface area contributed by atoms with Gasteiger partial charge >= 0.3 is 0 Å². The molecular formula is C14H18Cl2N2O. The molecule has 2 unspecified atom stereocenters. The van der Waals surface area contributed by atoms with Crippen molar-refractivity contribution < 1.29 is 4.79 Å². The topological polar surface area (TPSA) is 55.1 Å². The molecule has 0 aliphatic heterocycles. The average Bonchev–Trinajstić information content (AvgIpc) is 3.14. The largest absolute Gasteiger partial charge is 0.356 e. The normalized spacial score (nSPS) is 21.2. The van der Waals surface area contributed by atoms with Gasteiger partial charge in [0.2, 0.25) is 5.91 Å². The third-order valence-electron chi connectivity index (χ3n) is 3.42. The van der Waals surface area contributed by atoms with Gasteiger partial charge in [0.15, 0.2) is 0 Å². The Bertz CT molecular complexity index is 465. The molecule has 0 bridgehead atoms. The number of halogens is 2. The van der Waals surface area contributed by atoms with E-state index in [1.165, 1.54) is 0 Å². The first-order valence-corrected chi connectivity index (χ1v) is 7.32. The minimum Gasteiger partial charge on any atom is -0.356 e. The summed E-state index contributed by atoms with van der Waals surface area (Å²) in [6.45, 7) is 1.37. The van der Waals surface area contributed by atoms with E-state index in [-0.39, 0.29) is 17.7 Å². The Morgan fingerprint density at radius 3 is 2.84 bits per heavy atom. The predicted molar refractivity (Wildman–Crippen MR) is 78.6 cm³/mol. The highest BCUT2D eigenvalue weighted by atomic mass is 35.5. The molecule has 5 heteroatoms. The number of carbonyl (C=O) groups excluding carboxylic acids is 1. The van der Waals surface area contributed by atoms with Gasteiger partial charge in [0.05, 0.1) is 0 Å². The van der Waals surface area contributed by atoms with Crippen molar-refractivity contribution in [1.29, 1.82) is 0 Å². The predicted octanol–water partition coefficient (Wildman–Crippen LogP) is 2.95. The number of rotatable bonds is 6. The Hall–Kier alpha value is -0.770. The summed E-state index contributed by atoms with van der Waals surface area (Å²) in [7, 11) is 0. The minimum absolute atomic E-state index is 0.0524. The Kier molecular flexibility index (Phi) is 5.08. The number of hydrogen-bond acceptors (Lipinski definition) is 2. The van der Waals surface area contributed by atoms with Gasteiger partial charge in [-0.1, -0.05) is 29.3 Å². The molecular weight excluding hydrogens is 283 g/mol. The molecule has 2 rings (SSSR count). The quantitative estimate of drug-likeness (QED) is 0.794. The summed E-state index contributed by atoms with van der Waals surface area (Å²) in [5.74, 6) is 0.406. The third-order valence-corrected chi connectivity index (χ3v) is 3.98. The zero-order valence-electron chi connectivity index (χ0n) is 10.7. The van der Waals surface area contributed by atoms with Crippen LogP contribution in [0, 0.1) is 5.92 Å². The number of nitrogens with one attached hydrogen (secondary N) is 1. The van der Waals surface area contributed by atoms with Gasteiger partial charge < -0.3 is 11.1 Å². The van der Waals surface area contributed by atoms with Crippen LogP contribution in [-0.4, -0.2) is 19.0 Å². The zero-order chi connectivity index (χ0) is 13.8. The summed E-state index contributed by atoms with van der Waals surface area (Å²) in [5, 5.41) is 4.22. The highest BCUT2D eigenvalue weighted by molar-refractivity contribution is 6.35. The van der Waals surface area contributed by atoms with Crippen LogP contribution in [0.3, 0.4) is 0 Å². The molecule has 3 N–H and O–H groups in total. The van der Waals surface area contributed by atoms with Gasteiger partial charge in [0, 0.05) is 22.5 Å². The lowest BCUT2D eigenvalue weighted by Gasteiger charge is -2.06. The molecule has 0 aromatic heterocycles. The molecule has 0 spiro atoms. The van der Waals surface area contributed by atoms with Crippen molar-refractivity contribution in [2.24, 2.45) is 11.7 Å². The number of amides is 1. The van der Waals surface area contributed by atoms with E-state index in [0.29, 0.717) is 23.1 Å². The summed E-state index contributed by atoms with van der Waals surface area (Å²) in [6.07, 6.45) is 2.74. The highest BCUT2D eigenvalue weighted by Gasteiger charge is 2.44. The summed E-state index contributed by atoms with van der Waals surface area (Å²) in [5.41, 5.74) is 6.43. The van der Waals surface area contributed by atoms with E-state index in [0.717, 1.165) is 24.8 Å². The second-order valence-electron chi connectivity index (χ2n) is 4.90.